The van der Waals surface area contributed by atoms with Gasteiger partial charge in [-0.2, -0.15) is 0 Å². The van der Waals surface area contributed by atoms with Gasteiger partial charge in [0.15, 0.2) is 0 Å². The lowest BCUT2D eigenvalue weighted by molar-refractivity contribution is 0.0779. The normalized spacial score (nSPS) is 21.1. The van der Waals surface area contributed by atoms with Gasteiger partial charge in [0.05, 0.1) is 59.7 Å². The lowest BCUT2D eigenvalue weighted by Gasteiger charge is -2.15. The van der Waals surface area contributed by atoms with Gasteiger partial charge >= 0.3 is 0 Å². The van der Waals surface area contributed by atoms with Gasteiger partial charge in [0.1, 0.15) is 5.82 Å². The molecule has 0 saturated carbocycles. The van der Waals surface area contributed by atoms with Crippen LogP contribution in [0.5, 0.6) is 0 Å². The van der Waals surface area contributed by atoms with Crippen molar-refractivity contribution in [3.8, 4) is 0 Å². The van der Waals surface area contributed by atoms with Gasteiger partial charge < -0.3 is 4.74 Å². The van der Waals surface area contributed by atoms with E-state index >= 15 is 0 Å². The molecule has 1 aromatic rings. The van der Waals surface area contributed by atoms with Crippen LogP contribution in [0.2, 0.25) is 0 Å². The van der Waals surface area contributed by atoms with Crippen molar-refractivity contribution in [3.05, 3.63) is 131 Å². The van der Waals surface area contributed by atoms with E-state index in [-0.39, 0.29) is 18.5 Å². The molecule has 0 aromatic heterocycles. The molecule has 0 radical (unpaired) electrons. The average molecular weight is 462 g/mol. The van der Waals surface area contributed by atoms with E-state index in [0.717, 1.165) is 34.1 Å². The van der Waals surface area contributed by atoms with Gasteiger partial charge in [0.25, 0.3) is 0 Å². The van der Waals surface area contributed by atoms with Crippen LogP contribution >= 0.6 is 0 Å². The highest BCUT2D eigenvalue weighted by Gasteiger charge is 2.22. The molecule has 6 heteroatoms. The third-order valence-electron chi connectivity index (χ3n) is 5.79. The maximum absolute atomic E-state index is 13.6. The lowest BCUT2D eigenvalue weighted by Crippen LogP contribution is -2.12. The Morgan fingerprint density at radius 2 is 1.40 bits per heavy atom. The van der Waals surface area contributed by atoms with Gasteiger partial charge in [0.2, 0.25) is 0 Å². The number of aliphatic imine (C=N–C) groups is 4. The van der Waals surface area contributed by atoms with Crippen LogP contribution in [0.1, 0.15) is 13.9 Å². The zero-order valence-corrected chi connectivity index (χ0v) is 18.9. The second-order valence-electron chi connectivity index (χ2n) is 8.47. The Kier molecular flexibility index (Phi) is 5.07. The number of halogens is 1. The van der Waals surface area contributed by atoms with Crippen LogP contribution in [0.3, 0.4) is 0 Å². The zero-order valence-electron chi connectivity index (χ0n) is 19.9. The first-order valence-corrected chi connectivity index (χ1v) is 11.3. The molecule has 8 bridgehead atoms. The topological polar surface area (TPSA) is 58.7 Å². The number of hydrogen-bond donors (Lipinski definition) is 0. The summed E-state index contributed by atoms with van der Waals surface area (Å²) in [5.41, 5.74) is 7.12. The van der Waals surface area contributed by atoms with Crippen molar-refractivity contribution in [2.75, 3.05) is 0 Å². The Hall–Kier alpha value is -4.29. The molecule has 5 nitrogen and oxygen atoms in total. The molecular formula is C29H21FN4O. The quantitative estimate of drug-likeness (QED) is 0.568. The third-order valence-corrected chi connectivity index (χ3v) is 5.79. The first-order valence-electron chi connectivity index (χ1n) is 11.8. The van der Waals surface area contributed by atoms with Crippen molar-refractivity contribution >= 4 is 22.8 Å². The molecule has 5 heterocycles. The summed E-state index contributed by atoms with van der Waals surface area (Å²) in [5, 5.41) is 0. The molecule has 6 rings (SSSR count). The zero-order chi connectivity index (χ0) is 24.6. The maximum atomic E-state index is 13.6. The summed E-state index contributed by atoms with van der Waals surface area (Å²) < 4.78 is 28.6. The van der Waals surface area contributed by atoms with E-state index in [1.165, 1.54) is 12.1 Å². The van der Waals surface area contributed by atoms with E-state index in [4.69, 9.17) is 11.1 Å². The average Bonchev–Trinajstić information content (AvgIpc) is 3.63. The van der Waals surface area contributed by atoms with E-state index in [1.807, 2.05) is 67.7 Å². The van der Waals surface area contributed by atoms with E-state index in [1.54, 1.807) is 12.1 Å². The van der Waals surface area contributed by atoms with Crippen LogP contribution in [0.15, 0.2) is 139 Å². The van der Waals surface area contributed by atoms with Crippen molar-refractivity contribution in [1.29, 1.82) is 0 Å². The van der Waals surface area contributed by atoms with Crippen molar-refractivity contribution in [3.63, 3.8) is 0 Å². The molecule has 170 valence electrons. The van der Waals surface area contributed by atoms with Gasteiger partial charge in [0, 0.05) is 5.57 Å². The fourth-order valence-electron chi connectivity index (χ4n) is 4.09. The van der Waals surface area contributed by atoms with E-state index < -0.39 is 6.10 Å². The predicted octanol–water partition coefficient (Wildman–Crippen LogP) is 5.69. The summed E-state index contributed by atoms with van der Waals surface area (Å²) in [7, 11) is 0. The van der Waals surface area contributed by atoms with Crippen molar-refractivity contribution in [1.82, 2.24) is 0 Å². The molecule has 1 atom stereocenters. The molecule has 5 aliphatic heterocycles. The van der Waals surface area contributed by atoms with Crippen molar-refractivity contribution < 1.29 is 10.5 Å². The standard InChI is InChI=1S/C29H21FN4O/c1-18(35-17-19-3-2-4-20(30)11-19)28-15-27-14-25-8-7-23(32-25)12-21-5-6-22(31-21)13-24-9-10-26(33-24)16-29(28)34-27/h2-16,18H,17H2,1H3/i15D. The molecule has 0 saturated heterocycles. The van der Waals surface area contributed by atoms with Crippen molar-refractivity contribution in [2.45, 2.75) is 19.6 Å². The fourth-order valence-corrected chi connectivity index (χ4v) is 4.09. The second-order valence-corrected chi connectivity index (χ2v) is 8.47. The monoisotopic (exact) mass is 461 g/mol. The van der Waals surface area contributed by atoms with Gasteiger partial charge in [-0.05, 0) is 91.4 Å². The Morgan fingerprint density at radius 3 is 2.03 bits per heavy atom. The molecule has 35 heavy (non-hydrogen) atoms. The number of hydrogen-bond acceptors (Lipinski definition) is 5. The predicted molar refractivity (Wildman–Crippen MR) is 138 cm³/mol. The summed E-state index contributed by atoms with van der Waals surface area (Å²) in [4.78, 5) is 18.7. The summed E-state index contributed by atoms with van der Waals surface area (Å²) in [6, 6.07) is 6.58. The smallest absolute Gasteiger partial charge is 0.123 e. The summed E-state index contributed by atoms with van der Waals surface area (Å²) in [5.74, 6) is -0.309. The Labute approximate surface area is 204 Å². The highest BCUT2D eigenvalue weighted by atomic mass is 19.1. The summed E-state index contributed by atoms with van der Waals surface area (Å²) >= 11 is 0. The van der Waals surface area contributed by atoms with Crippen LogP contribution in [0, 0.1) is 5.82 Å². The highest BCUT2D eigenvalue weighted by molar-refractivity contribution is 6.15. The molecule has 0 fully saturated rings. The second kappa shape index (κ2) is 8.81. The van der Waals surface area contributed by atoms with Crippen LogP contribution in [-0.2, 0) is 11.3 Å². The minimum atomic E-state index is -0.451. The van der Waals surface area contributed by atoms with Gasteiger partial charge in [-0.3, -0.25) is 0 Å². The molecule has 5 aliphatic rings. The van der Waals surface area contributed by atoms with E-state index in [2.05, 4.69) is 15.0 Å². The number of benzene rings is 1. The molecule has 0 amide bonds. The van der Waals surface area contributed by atoms with Gasteiger partial charge in [-0.15, -0.1) is 0 Å². The highest BCUT2D eigenvalue weighted by Crippen LogP contribution is 2.28. The fraction of sp³-hybridized carbons (Fsp3) is 0.103. The van der Waals surface area contributed by atoms with Crippen LogP contribution in [0.25, 0.3) is 0 Å². The first-order chi connectivity index (χ1) is 17.5. The molecule has 0 aliphatic carbocycles. The number of nitrogens with zero attached hydrogens (tertiary/aromatic N) is 4. The SMILES string of the molecule is [2H]C1=C(C(C)OCc2cccc(F)c2)C2=CC3=NC(=CC4=NC(=CC5=NC(=CC1=N2)C=C5)C=C4)C=C3. The third kappa shape index (κ3) is 4.69. The maximum Gasteiger partial charge on any atom is 0.123 e. The Balaban J connectivity index is 1.38. The molecule has 1 unspecified atom stereocenters. The van der Waals surface area contributed by atoms with Crippen LogP contribution < -0.4 is 0 Å². The minimum absolute atomic E-state index is 0.216. The minimum Gasteiger partial charge on any atom is -0.369 e. The largest absolute Gasteiger partial charge is 0.369 e. The lowest BCUT2D eigenvalue weighted by atomic mass is 10.1. The van der Waals surface area contributed by atoms with Crippen LogP contribution in [0.4, 0.5) is 4.39 Å². The van der Waals surface area contributed by atoms with Crippen LogP contribution in [-0.4, -0.2) is 29.0 Å². The number of allylic oxidation sites excluding steroid dienone is 11. The van der Waals surface area contributed by atoms with Gasteiger partial charge in [-0.25, -0.2) is 24.4 Å². The summed E-state index contributed by atoms with van der Waals surface area (Å²) in [6.07, 6.45) is 18.6. The number of rotatable bonds is 4. The van der Waals surface area contributed by atoms with E-state index in [0.29, 0.717) is 22.7 Å². The Bertz CT molecular complexity index is 1560. The number of fused-ring (bicyclic) bond motifs is 4. The van der Waals surface area contributed by atoms with Gasteiger partial charge in [-0.1, -0.05) is 12.1 Å². The first kappa shape index (κ1) is 20.1. The molecule has 0 N–H and O–H groups in total. The molecule has 1 aromatic carbocycles. The number of ether oxygens (including phenoxy) is 1. The van der Waals surface area contributed by atoms with E-state index in [9.17, 15) is 4.39 Å². The summed E-state index contributed by atoms with van der Waals surface area (Å²) in [6.45, 7) is 2.09. The molecule has 0 spiro atoms. The Morgan fingerprint density at radius 1 is 0.800 bits per heavy atom. The van der Waals surface area contributed by atoms with Crippen molar-refractivity contribution in [2.24, 2.45) is 20.0 Å². The molecular weight excluding hydrogens is 439 g/mol.